The summed E-state index contributed by atoms with van der Waals surface area (Å²) < 4.78 is 4.79. The molecular formula is C13H20N2O2. The predicted octanol–water partition coefficient (Wildman–Crippen LogP) is 1.76. The average molecular weight is 236 g/mol. The van der Waals surface area contributed by atoms with Crippen LogP contribution in [0.1, 0.15) is 25.8 Å². The van der Waals surface area contributed by atoms with Crippen molar-refractivity contribution in [2.24, 2.45) is 5.92 Å². The summed E-state index contributed by atoms with van der Waals surface area (Å²) in [5.74, 6) is 0.247. The van der Waals surface area contributed by atoms with E-state index in [1.807, 2.05) is 12.1 Å². The molecule has 0 radical (unpaired) electrons. The van der Waals surface area contributed by atoms with Crippen molar-refractivity contribution in [3.05, 3.63) is 30.1 Å². The first kappa shape index (κ1) is 13.6. The second-order valence-electron chi connectivity index (χ2n) is 4.44. The van der Waals surface area contributed by atoms with E-state index < -0.39 is 0 Å². The zero-order valence-corrected chi connectivity index (χ0v) is 10.6. The van der Waals surface area contributed by atoms with Gasteiger partial charge in [0.2, 0.25) is 0 Å². The number of hydrogen-bond donors (Lipinski definition) is 1. The normalized spacial score (nSPS) is 12.5. The second kappa shape index (κ2) is 7.01. The van der Waals surface area contributed by atoms with Gasteiger partial charge in [-0.15, -0.1) is 0 Å². The maximum absolute atomic E-state index is 11.6. The van der Waals surface area contributed by atoms with Crippen molar-refractivity contribution >= 4 is 5.97 Å². The quantitative estimate of drug-likeness (QED) is 0.765. The fraction of sp³-hybridized carbons (Fsp3) is 0.538. The van der Waals surface area contributed by atoms with E-state index in [1.54, 1.807) is 12.4 Å². The van der Waals surface area contributed by atoms with Gasteiger partial charge in [-0.3, -0.25) is 9.78 Å². The van der Waals surface area contributed by atoms with Crippen LogP contribution < -0.4 is 5.32 Å². The molecular weight excluding hydrogens is 216 g/mol. The molecule has 1 rings (SSSR count). The van der Waals surface area contributed by atoms with Crippen LogP contribution in [0.15, 0.2) is 24.5 Å². The van der Waals surface area contributed by atoms with Crippen molar-refractivity contribution in [1.82, 2.24) is 10.3 Å². The molecule has 1 aromatic rings. The summed E-state index contributed by atoms with van der Waals surface area (Å²) in [6, 6.07) is 3.61. The number of pyridine rings is 1. The van der Waals surface area contributed by atoms with E-state index in [-0.39, 0.29) is 12.0 Å². The lowest BCUT2D eigenvalue weighted by Gasteiger charge is -2.18. The fourth-order valence-electron chi connectivity index (χ4n) is 1.62. The van der Waals surface area contributed by atoms with E-state index in [1.165, 1.54) is 7.11 Å². The Morgan fingerprint density at radius 1 is 1.41 bits per heavy atom. The fourth-order valence-corrected chi connectivity index (χ4v) is 1.62. The Balaban J connectivity index is 2.52. The highest BCUT2D eigenvalue weighted by molar-refractivity contribution is 5.75. The maximum atomic E-state index is 11.6. The topological polar surface area (TPSA) is 51.2 Å². The lowest BCUT2D eigenvalue weighted by atomic mass is 10.0. The highest BCUT2D eigenvalue weighted by Gasteiger charge is 2.19. The van der Waals surface area contributed by atoms with Crippen molar-refractivity contribution in [3.63, 3.8) is 0 Å². The first-order valence-electron chi connectivity index (χ1n) is 5.83. The lowest BCUT2D eigenvalue weighted by Crippen LogP contribution is -2.38. The number of carbonyl (C=O) groups is 1. The number of nitrogens with zero attached hydrogens (tertiary/aromatic N) is 1. The Kier molecular flexibility index (Phi) is 5.63. The van der Waals surface area contributed by atoms with E-state index in [2.05, 4.69) is 24.1 Å². The number of carbonyl (C=O) groups excluding carboxylic acids is 1. The number of hydrogen-bond acceptors (Lipinski definition) is 4. The summed E-state index contributed by atoms with van der Waals surface area (Å²) in [6.45, 7) is 4.82. The van der Waals surface area contributed by atoms with Gasteiger partial charge in [0.15, 0.2) is 0 Å². The van der Waals surface area contributed by atoms with Gasteiger partial charge in [0, 0.05) is 18.9 Å². The molecule has 0 spiro atoms. The number of ether oxygens (including phenoxy) is 1. The van der Waals surface area contributed by atoms with Gasteiger partial charge in [-0.1, -0.05) is 13.8 Å². The molecule has 0 saturated carbocycles. The number of rotatable bonds is 6. The molecule has 0 aliphatic rings. The van der Waals surface area contributed by atoms with Gasteiger partial charge < -0.3 is 10.1 Å². The molecule has 0 bridgehead atoms. The first-order chi connectivity index (χ1) is 8.13. The SMILES string of the molecule is COC(=O)C(CC(C)C)NCc1ccncc1. The average Bonchev–Trinajstić information content (AvgIpc) is 2.34. The van der Waals surface area contributed by atoms with Crippen molar-refractivity contribution in [1.29, 1.82) is 0 Å². The van der Waals surface area contributed by atoms with Crippen LogP contribution >= 0.6 is 0 Å². The van der Waals surface area contributed by atoms with Gasteiger partial charge in [0.25, 0.3) is 0 Å². The summed E-state index contributed by atoms with van der Waals surface area (Å²) in [4.78, 5) is 15.5. The zero-order chi connectivity index (χ0) is 12.7. The van der Waals surface area contributed by atoms with Gasteiger partial charge in [0.1, 0.15) is 6.04 Å². The van der Waals surface area contributed by atoms with Gasteiger partial charge >= 0.3 is 5.97 Å². The second-order valence-corrected chi connectivity index (χ2v) is 4.44. The van der Waals surface area contributed by atoms with Crippen LogP contribution in [0.25, 0.3) is 0 Å². The van der Waals surface area contributed by atoms with E-state index in [0.717, 1.165) is 12.0 Å². The summed E-state index contributed by atoms with van der Waals surface area (Å²) in [7, 11) is 1.42. The molecule has 1 aromatic heterocycles. The molecule has 1 heterocycles. The summed E-state index contributed by atoms with van der Waals surface area (Å²) in [5, 5.41) is 3.22. The molecule has 1 atom stereocenters. The van der Waals surface area contributed by atoms with Crippen molar-refractivity contribution in [3.8, 4) is 0 Å². The van der Waals surface area contributed by atoms with Crippen LogP contribution in [-0.2, 0) is 16.1 Å². The molecule has 0 aliphatic carbocycles. The van der Waals surface area contributed by atoms with Gasteiger partial charge in [-0.2, -0.15) is 0 Å². The van der Waals surface area contributed by atoms with E-state index in [4.69, 9.17) is 4.74 Å². The smallest absolute Gasteiger partial charge is 0.322 e. The van der Waals surface area contributed by atoms with Crippen LogP contribution in [0, 0.1) is 5.92 Å². The summed E-state index contributed by atoms with van der Waals surface area (Å²) in [6.07, 6.45) is 4.26. The summed E-state index contributed by atoms with van der Waals surface area (Å²) in [5.41, 5.74) is 1.11. The van der Waals surface area contributed by atoms with Crippen LogP contribution in [0.5, 0.6) is 0 Å². The van der Waals surface area contributed by atoms with Gasteiger partial charge in [0.05, 0.1) is 7.11 Å². The van der Waals surface area contributed by atoms with E-state index in [0.29, 0.717) is 12.5 Å². The molecule has 94 valence electrons. The molecule has 4 heteroatoms. The van der Waals surface area contributed by atoms with Gasteiger partial charge in [-0.05, 0) is 30.0 Å². The monoisotopic (exact) mass is 236 g/mol. The number of aromatic nitrogens is 1. The third-order valence-corrected chi connectivity index (χ3v) is 2.49. The van der Waals surface area contributed by atoms with Gasteiger partial charge in [-0.25, -0.2) is 0 Å². The van der Waals surface area contributed by atoms with Crippen LogP contribution in [0.3, 0.4) is 0 Å². The molecule has 0 amide bonds. The first-order valence-corrected chi connectivity index (χ1v) is 5.83. The molecule has 17 heavy (non-hydrogen) atoms. The Hall–Kier alpha value is -1.42. The van der Waals surface area contributed by atoms with Crippen molar-refractivity contribution in [2.75, 3.05) is 7.11 Å². The Bertz CT molecular complexity index is 339. The number of methoxy groups -OCH3 is 1. The minimum Gasteiger partial charge on any atom is -0.468 e. The minimum absolute atomic E-state index is 0.201. The minimum atomic E-state index is -0.242. The third kappa shape index (κ3) is 4.95. The van der Waals surface area contributed by atoms with Crippen LogP contribution in [0.2, 0.25) is 0 Å². The standard InChI is InChI=1S/C13H20N2O2/c1-10(2)8-12(13(16)17-3)15-9-11-4-6-14-7-5-11/h4-7,10,12,15H,8-9H2,1-3H3. The van der Waals surface area contributed by atoms with Crippen LogP contribution in [-0.4, -0.2) is 24.1 Å². The predicted molar refractivity (Wildman–Crippen MR) is 66.3 cm³/mol. The number of nitrogens with one attached hydrogen (secondary N) is 1. The molecule has 0 aromatic carbocycles. The highest BCUT2D eigenvalue weighted by Crippen LogP contribution is 2.07. The molecule has 1 N–H and O–H groups in total. The van der Waals surface area contributed by atoms with E-state index in [9.17, 15) is 4.79 Å². The molecule has 0 saturated heterocycles. The van der Waals surface area contributed by atoms with Crippen molar-refractivity contribution in [2.45, 2.75) is 32.9 Å². The largest absolute Gasteiger partial charge is 0.468 e. The summed E-state index contributed by atoms with van der Waals surface area (Å²) >= 11 is 0. The Morgan fingerprint density at radius 3 is 2.59 bits per heavy atom. The zero-order valence-electron chi connectivity index (χ0n) is 10.6. The Labute approximate surface area is 102 Å². The third-order valence-electron chi connectivity index (χ3n) is 2.49. The Morgan fingerprint density at radius 2 is 2.06 bits per heavy atom. The number of esters is 1. The molecule has 0 aliphatic heterocycles. The highest BCUT2D eigenvalue weighted by atomic mass is 16.5. The van der Waals surface area contributed by atoms with Crippen LogP contribution in [0.4, 0.5) is 0 Å². The lowest BCUT2D eigenvalue weighted by molar-refractivity contribution is -0.143. The van der Waals surface area contributed by atoms with Crippen molar-refractivity contribution < 1.29 is 9.53 Å². The molecule has 4 nitrogen and oxygen atoms in total. The molecule has 0 fully saturated rings. The van der Waals surface area contributed by atoms with E-state index >= 15 is 0 Å². The maximum Gasteiger partial charge on any atom is 0.322 e. The molecule has 1 unspecified atom stereocenters.